The minimum absolute atomic E-state index is 0.0337. The summed E-state index contributed by atoms with van der Waals surface area (Å²) in [7, 11) is 1.57. The average Bonchev–Trinajstić information content (AvgIpc) is 3.28. The molecule has 1 saturated heterocycles. The first kappa shape index (κ1) is 21.8. The zero-order valence-corrected chi connectivity index (χ0v) is 16.6. The number of rotatable bonds is 11. The van der Waals surface area contributed by atoms with Crippen molar-refractivity contribution in [2.45, 2.75) is 51.0 Å². The van der Waals surface area contributed by atoms with Crippen LogP contribution in [0.5, 0.6) is 0 Å². The molecule has 1 fully saturated rings. The van der Waals surface area contributed by atoms with Gasteiger partial charge in [0.1, 0.15) is 31.4 Å². The smallest absolute Gasteiger partial charge is 0.283 e. The minimum atomic E-state index is -1.01. The minimum Gasteiger partial charge on any atom is -0.394 e. The molecule has 3 rings (SSSR count). The van der Waals surface area contributed by atoms with Gasteiger partial charge in [0.2, 0.25) is 0 Å². The molecule has 0 unspecified atom stereocenters. The van der Waals surface area contributed by atoms with E-state index >= 15 is 0 Å². The zero-order chi connectivity index (χ0) is 20.8. The molecular weight excluding hydrogens is 384 g/mol. The Bertz CT molecular complexity index is 839. The van der Waals surface area contributed by atoms with Crippen LogP contribution in [0.3, 0.4) is 0 Å². The quantitative estimate of drug-likeness (QED) is 0.476. The highest BCUT2D eigenvalue weighted by Gasteiger charge is 2.45. The van der Waals surface area contributed by atoms with E-state index in [9.17, 15) is 15.0 Å². The SMILES string of the molecule is CCCCO[C@@H]1[C@H](O)[C@@H](CO)O[C@H]1n1cnc2c(=O)n(COCCOC)cnc21. The van der Waals surface area contributed by atoms with Gasteiger partial charge in [0.15, 0.2) is 17.4 Å². The number of aliphatic hydroxyl groups excluding tert-OH is 2. The van der Waals surface area contributed by atoms with E-state index in [1.54, 1.807) is 11.7 Å². The summed E-state index contributed by atoms with van der Waals surface area (Å²) in [5.74, 6) is 0. The van der Waals surface area contributed by atoms with Gasteiger partial charge in [-0.3, -0.25) is 13.9 Å². The topological polar surface area (TPSA) is 130 Å². The molecule has 0 aromatic carbocycles. The van der Waals surface area contributed by atoms with E-state index in [4.69, 9.17) is 18.9 Å². The van der Waals surface area contributed by atoms with Gasteiger partial charge >= 0.3 is 0 Å². The third kappa shape index (κ3) is 4.65. The highest BCUT2D eigenvalue weighted by Crippen LogP contribution is 2.33. The largest absolute Gasteiger partial charge is 0.394 e. The monoisotopic (exact) mass is 412 g/mol. The van der Waals surface area contributed by atoms with Crippen molar-refractivity contribution in [3.8, 4) is 0 Å². The summed E-state index contributed by atoms with van der Waals surface area (Å²) in [6, 6.07) is 0. The van der Waals surface area contributed by atoms with Crippen LogP contribution in [0.4, 0.5) is 0 Å². The fraction of sp³-hybridized carbons (Fsp3) is 0.722. The summed E-state index contributed by atoms with van der Waals surface area (Å²) in [6.45, 7) is 2.94. The summed E-state index contributed by atoms with van der Waals surface area (Å²) in [5.41, 5.74) is 0.107. The Labute approximate surface area is 167 Å². The number of ether oxygens (including phenoxy) is 4. The first-order valence-corrected chi connectivity index (χ1v) is 9.67. The number of aliphatic hydroxyl groups is 2. The summed E-state index contributed by atoms with van der Waals surface area (Å²) in [5, 5.41) is 20.0. The van der Waals surface area contributed by atoms with Gasteiger partial charge in [-0.15, -0.1) is 0 Å². The summed E-state index contributed by atoms with van der Waals surface area (Å²) in [4.78, 5) is 21.2. The Morgan fingerprint density at radius 2 is 2.07 bits per heavy atom. The van der Waals surface area contributed by atoms with E-state index in [-0.39, 0.29) is 24.4 Å². The van der Waals surface area contributed by atoms with Crippen molar-refractivity contribution in [3.63, 3.8) is 0 Å². The van der Waals surface area contributed by atoms with Gasteiger partial charge in [-0.1, -0.05) is 13.3 Å². The van der Waals surface area contributed by atoms with Crippen LogP contribution in [-0.4, -0.2) is 81.2 Å². The Balaban J connectivity index is 1.84. The van der Waals surface area contributed by atoms with Gasteiger partial charge in [0.25, 0.3) is 5.56 Å². The van der Waals surface area contributed by atoms with E-state index in [1.165, 1.54) is 17.2 Å². The first-order valence-electron chi connectivity index (χ1n) is 9.67. The second-order valence-corrected chi connectivity index (χ2v) is 6.80. The van der Waals surface area contributed by atoms with Crippen molar-refractivity contribution in [3.05, 3.63) is 23.0 Å². The number of fused-ring (bicyclic) bond motifs is 1. The molecule has 0 amide bonds. The molecule has 1 aliphatic heterocycles. The molecule has 0 bridgehead atoms. The predicted octanol–water partition coefficient (Wildman–Crippen LogP) is -0.351. The maximum atomic E-state index is 12.7. The van der Waals surface area contributed by atoms with Crippen molar-refractivity contribution in [1.82, 2.24) is 19.1 Å². The number of methoxy groups -OCH3 is 1. The zero-order valence-electron chi connectivity index (χ0n) is 16.6. The molecule has 2 aromatic rings. The van der Waals surface area contributed by atoms with Crippen molar-refractivity contribution >= 4 is 11.2 Å². The maximum absolute atomic E-state index is 12.7. The lowest BCUT2D eigenvalue weighted by atomic mass is 10.1. The number of hydrogen-bond acceptors (Lipinski definition) is 9. The van der Waals surface area contributed by atoms with E-state index in [0.717, 1.165) is 12.8 Å². The van der Waals surface area contributed by atoms with E-state index < -0.39 is 24.5 Å². The fourth-order valence-electron chi connectivity index (χ4n) is 3.17. The highest BCUT2D eigenvalue weighted by molar-refractivity contribution is 5.69. The van der Waals surface area contributed by atoms with Crippen LogP contribution in [0.2, 0.25) is 0 Å². The molecule has 0 radical (unpaired) electrons. The molecule has 2 N–H and O–H groups in total. The average molecular weight is 412 g/mol. The third-order valence-electron chi connectivity index (χ3n) is 4.79. The number of unbranched alkanes of at least 4 members (excludes halogenated alkanes) is 1. The van der Waals surface area contributed by atoms with E-state index in [2.05, 4.69) is 9.97 Å². The third-order valence-corrected chi connectivity index (χ3v) is 4.79. The second-order valence-electron chi connectivity index (χ2n) is 6.80. The van der Waals surface area contributed by atoms with Gasteiger partial charge in [-0.25, -0.2) is 9.97 Å². The predicted molar refractivity (Wildman–Crippen MR) is 101 cm³/mol. The number of aromatic nitrogens is 4. The normalized spacial score (nSPS) is 24.6. The Morgan fingerprint density at radius 1 is 1.24 bits per heavy atom. The Hall–Kier alpha value is -1.89. The van der Waals surface area contributed by atoms with Crippen LogP contribution in [0.25, 0.3) is 11.2 Å². The van der Waals surface area contributed by atoms with Crippen LogP contribution in [-0.2, 0) is 25.7 Å². The molecule has 0 saturated carbocycles. The fourth-order valence-corrected chi connectivity index (χ4v) is 3.17. The summed E-state index contributed by atoms with van der Waals surface area (Å²) >= 11 is 0. The van der Waals surface area contributed by atoms with Gasteiger partial charge in [-0.05, 0) is 6.42 Å². The van der Waals surface area contributed by atoms with Crippen molar-refractivity contribution < 1.29 is 29.2 Å². The Morgan fingerprint density at radius 3 is 2.79 bits per heavy atom. The van der Waals surface area contributed by atoms with Crippen LogP contribution < -0.4 is 5.56 Å². The molecule has 11 nitrogen and oxygen atoms in total. The number of hydrogen-bond donors (Lipinski definition) is 2. The second kappa shape index (κ2) is 10.2. The standard InChI is InChI=1S/C18H28N4O7/c1-3-4-5-28-15-14(24)12(8-23)29-18(15)22-10-19-13-16(22)20-9-21(17(13)25)11-27-7-6-26-2/h9-10,12,14-15,18,23-24H,3-8,11H2,1-2H3/t12-,14-,15-,18-/m1/s1. The van der Waals surface area contributed by atoms with Crippen LogP contribution in [0.1, 0.15) is 26.0 Å². The summed E-state index contributed by atoms with van der Waals surface area (Å²) < 4.78 is 24.8. The molecular formula is C18H28N4O7. The molecule has 11 heteroatoms. The van der Waals surface area contributed by atoms with Gasteiger partial charge in [-0.2, -0.15) is 0 Å². The first-order chi connectivity index (χ1) is 14.1. The van der Waals surface area contributed by atoms with Crippen LogP contribution >= 0.6 is 0 Å². The molecule has 0 aliphatic carbocycles. The van der Waals surface area contributed by atoms with E-state index in [0.29, 0.717) is 25.5 Å². The van der Waals surface area contributed by atoms with Gasteiger partial charge in [0.05, 0.1) is 26.1 Å². The molecule has 1 aliphatic rings. The van der Waals surface area contributed by atoms with Crippen LogP contribution in [0.15, 0.2) is 17.4 Å². The van der Waals surface area contributed by atoms with Crippen molar-refractivity contribution in [1.29, 1.82) is 0 Å². The molecule has 29 heavy (non-hydrogen) atoms. The molecule has 3 heterocycles. The number of imidazole rings is 1. The molecule has 2 aromatic heterocycles. The van der Waals surface area contributed by atoms with Crippen LogP contribution in [0, 0.1) is 0 Å². The van der Waals surface area contributed by atoms with Crippen molar-refractivity contribution in [2.24, 2.45) is 0 Å². The lowest BCUT2D eigenvalue weighted by Gasteiger charge is -2.22. The van der Waals surface area contributed by atoms with Crippen molar-refractivity contribution in [2.75, 3.05) is 33.5 Å². The lowest BCUT2D eigenvalue weighted by molar-refractivity contribution is -0.0709. The number of nitrogens with zero attached hydrogens (tertiary/aromatic N) is 4. The highest BCUT2D eigenvalue weighted by atomic mass is 16.6. The molecule has 4 atom stereocenters. The van der Waals surface area contributed by atoms with Gasteiger partial charge < -0.3 is 29.2 Å². The maximum Gasteiger partial charge on any atom is 0.283 e. The molecule has 162 valence electrons. The molecule has 0 spiro atoms. The van der Waals surface area contributed by atoms with Gasteiger partial charge in [0, 0.05) is 13.7 Å². The lowest BCUT2D eigenvalue weighted by Crippen LogP contribution is -2.35. The summed E-state index contributed by atoms with van der Waals surface area (Å²) in [6.07, 6.45) is 1.31. The Kier molecular flexibility index (Phi) is 7.70. The van der Waals surface area contributed by atoms with E-state index in [1.807, 2.05) is 6.92 Å².